The first-order valence-electron chi connectivity index (χ1n) is 6.46. The zero-order chi connectivity index (χ0) is 13.2. The van der Waals surface area contributed by atoms with Crippen molar-refractivity contribution in [1.82, 2.24) is 0 Å². The molecule has 0 saturated carbocycles. The number of nitrogens with two attached hydrogens (primary N) is 1. The molecule has 1 atom stereocenters. The molecule has 0 radical (unpaired) electrons. The second-order valence-electron chi connectivity index (χ2n) is 4.90. The molecule has 3 nitrogen and oxygen atoms in total. The van der Waals surface area contributed by atoms with E-state index >= 15 is 0 Å². The Balaban J connectivity index is 1.63. The van der Waals surface area contributed by atoms with E-state index in [4.69, 9.17) is 15.2 Å². The predicted octanol–water partition coefficient (Wildman–Crippen LogP) is 2.96. The molecule has 3 rings (SSSR count). The van der Waals surface area contributed by atoms with Crippen LogP contribution in [0.4, 0.5) is 5.69 Å². The van der Waals surface area contributed by atoms with Crippen LogP contribution >= 0.6 is 0 Å². The summed E-state index contributed by atoms with van der Waals surface area (Å²) in [5.74, 6) is 1.69. The Morgan fingerprint density at radius 1 is 1.26 bits per heavy atom. The van der Waals surface area contributed by atoms with Crippen LogP contribution in [0.3, 0.4) is 0 Å². The van der Waals surface area contributed by atoms with Gasteiger partial charge in [0, 0.05) is 6.42 Å². The zero-order valence-electron chi connectivity index (χ0n) is 10.9. The SMILES string of the molecule is Cc1ccc2c(c1)CC(COc1ccccc1N)O2. The van der Waals surface area contributed by atoms with Crippen LogP contribution < -0.4 is 15.2 Å². The Labute approximate surface area is 113 Å². The number of nitrogen functional groups attached to an aromatic ring is 1. The van der Waals surface area contributed by atoms with Gasteiger partial charge in [0.05, 0.1) is 5.69 Å². The fourth-order valence-corrected chi connectivity index (χ4v) is 2.34. The van der Waals surface area contributed by atoms with E-state index in [0.717, 1.165) is 17.9 Å². The molecule has 0 bridgehead atoms. The van der Waals surface area contributed by atoms with Gasteiger partial charge in [-0.2, -0.15) is 0 Å². The normalized spacial score (nSPS) is 16.8. The molecule has 0 saturated heterocycles. The quantitative estimate of drug-likeness (QED) is 0.858. The van der Waals surface area contributed by atoms with Crippen molar-refractivity contribution in [3.63, 3.8) is 0 Å². The minimum Gasteiger partial charge on any atom is -0.488 e. The summed E-state index contributed by atoms with van der Waals surface area (Å²) in [5, 5.41) is 0. The van der Waals surface area contributed by atoms with Gasteiger partial charge in [0.15, 0.2) is 0 Å². The lowest BCUT2D eigenvalue weighted by Crippen LogP contribution is -2.22. The van der Waals surface area contributed by atoms with Gasteiger partial charge >= 0.3 is 0 Å². The van der Waals surface area contributed by atoms with Crippen molar-refractivity contribution < 1.29 is 9.47 Å². The first-order valence-corrected chi connectivity index (χ1v) is 6.46. The van der Waals surface area contributed by atoms with Crippen molar-refractivity contribution in [2.45, 2.75) is 19.4 Å². The van der Waals surface area contributed by atoms with Crippen molar-refractivity contribution in [2.75, 3.05) is 12.3 Å². The van der Waals surface area contributed by atoms with E-state index in [0.29, 0.717) is 12.3 Å². The van der Waals surface area contributed by atoms with E-state index in [1.165, 1.54) is 11.1 Å². The van der Waals surface area contributed by atoms with Crippen molar-refractivity contribution in [2.24, 2.45) is 0 Å². The molecule has 2 N–H and O–H groups in total. The highest BCUT2D eigenvalue weighted by molar-refractivity contribution is 5.51. The van der Waals surface area contributed by atoms with Crippen LogP contribution in [0.25, 0.3) is 0 Å². The molecule has 0 aromatic heterocycles. The van der Waals surface area contributed by atoms with Gasteiger partial charge in [0.2, 0.25) is 0 Å². The molecule has 19 heavy (non-hydrogen) atoms. The number of fused-ring (bicyclic) bond motifs is 1. The Morgan fingerprint density at radius 3 is 2.95 bits per heavy atom. The summed E-state index contributed by atoms with van der Waals surface area (Å²) in [6, 6.07) is 13.8. The molecule has 2 aromatic carbocycles. The fourth-order valence-electron chi connectivity index (χ4n) is 2.34. The molecule has 1 unspecified atom stereocenters. The first-order chi connectivity index (χ1) is 9.22. The average molecular weight is 255 g/mol. The monoisotopic (exact) mass is 255 g/mol. The van der Waals surface area contributed by atoms with E-state index in [2.05, 4.69) is 19.1 Å². The summed E-state index contributed by atoms with van der Waals surface area (Å²) in [6.45, 7) is 2.61. The van der Waals surface area contributed by atoms with Gasteiger partial charge in [-0.25, -0.2) is 0 Å². The number of hydrogen-bond acceptors (Lipinski definition) is 3. The van der Waals surface area contributed by atoms with Gasteiger partial charge < -0.3 is 15.2 Å². The van der Waals surface area contributed by atoms with Gasteiger partial charge in [-0.15, -0.1) is 0 Å². The van der Waals surface area contributed by atoms with Crippen LogP contribution in [0, 0.1) is 6.92 Å². The standard InChI is InChI=1S/C16H17NO2/c1-11-6-7-15-12(8-11)9-13(19-15)10-18-16-5-3-2-4-14(16)17/h2-8,13H,9-10,17H2,1H3. The van der Waals surface area contributed by atoms with Crippen molar-refractivity contribution in [3.05, 3.63) is 53.6 Å². The summed E-state index contributed by atoms with van der Waals surface area (Å²) < 4.78 is 11.6. The Kier molecular flexibility index (Phi) is 3.03. The number of aryl methyl sites for hydroxylation is 1. The second-order valence-corrected chi connectivity index (χ2v) is 4.90. The van der Waals surface area contributed by atoms with Crippen LogP contribution in [-0.2, 0) is 6.42 Å². The average Bonchev–Trinajstić information content (AvgIpc) is 2.79. The number of benzene rings is 2. The fraction of sp³-hybridized carbons (Fsp3) is 0.250. The molecule has 3 heteroatoms. The van der Waals surface area contributed by atoms with Crippen LogP contribution in [0.1, 0.15) is 11.1 Å². The van der Waals surface area contributed by atoms with E-state index in [-0.39, 0.29) is 6.10 Å². The molecule has 0 amide bonds. The Bertz CT molecular complexity index is 595. The van der Waals surface area contributed by atoms with E-state index in [1.807, 2.05) is 30.3 Å². The molecule has 0 spiro atoms. The summed E-state index contributed by atoms with van der Waals surface area (Å²) in [6.07, 6.45) is 0.959. The van der Waals surface area contributed by atoms with E-state index < -0.39 is 0 Å². The van der Waals surface area contributed by atoms with Gasteiger partial charge in [0.25, 0.3) is 0 Å². The van der Waals surface area contributed by atoms with E-state index in [9.17, 15) is 0 Å². The molecule has 1 aliphatic heterocycles. The van der Waals surface area contributed by atoms with Gasteiger partial charge in [-0.3, -0.25) is 0 Å². The third kappa shape index (κ3) is 2.50. The van der Waals surface area contributed by atoms with Crippen LogP contribution in [0.2, 0.25) is 0 Å². The summed E-state index contributed by atoms with van der Waals surface area (Å²) >= 11 is 0. The zero-order valence-corrected chi connectivity index (χ0v) is 10.9. The number of ether oxygens (including phenoxy) is 2. The topological polar surface area (TPSA) is 44.5 Å². The third-order valence-electron chi connectivity index (χ3n) is 3.30. The second kappa shape index (κ2) is 4.84. The summed E-state index contributed by atoms with van der Waals surface area (Å²) in [4.78, 5) is 0. The Morgan fingerprint density at radius 2 is 2.11 bits per heavy atom. The van der Waals surface area contributed by atoms with Gasteiger partial charge in [0.1, 0.15) is 24.2 Å². The molecule has 1 heterocycles. The molecule has 2 aromatic rings. The van der Waals surface area contributed by atoms with Crippen LogP contribution in [0.15, 0.2) is 42.5 Å². The number of anilines is 1. The summed E-state index contributed by atoms with van der Waals surface area (Å²) in [5.41, 5.74) is 9.02. The lowest BCUT2D eigenvalue weighted by molar-refractivity contribution is 0.149. The number of rotatable bonds is 3. The highest BCUT2D eigenvalue weighted by atomic mass is 16.5. The third-order valence-corrected chi connectivity index (χ3v) is 3.30. The maximum atomic E-state index is 5.86. The largest absolute Gasteiger partial charge is 0.488 e. The lowest BCUT2D eigenvalue weighted by atomic mass is 10.1. The van der Waals surface area contributed by atoms with Gasteiger partial charge in [-0.1, -0.05) is 29.8 Å². The smallest absolute Gasteiger partial charge is 0.142 e. The van der Waals surface area contributed by atoms with Gasteiger partial charge in [-0.05, 0) is 30.7 Å². The van der Waals surface area contributed by atoms with E-state index in [1.54, 1.807) is 0 Å². The van der Waals surface area contributed by atoms with Crippen LogP contribution in [-0.4, -0.2) is 12.7 Å². The maximum Gasteiger partial charge on any atom is 0.142 e. The molecular weight excluding hydrogens is 238 g/mol. The molecular formula is C16H17NO2. The minimum atomic E-state index is 0.0661. The molecule has 0 fully saturated rings. The molecule has 0 aliphatic carbocycles. The number of hydrogen-bond donors (Lipinski definition) is 1. The van der Waals surface area contributed by atoms with Crippen LogP contribution in [0.5, 0.6) is 11.5 Å². The number of para-hydroxylation sites is 2. The van der Waals surface area contributed by atoms with Crippen molar-refractivity contribution in [1.29, 1.82) is 0 Å². The molecule has 98 valence electrons. The highest BCUT2D eigenvalue weighted by Crippen LogP contribution is 2.30. The Hall–Kier alpha value is -2.16. The van der Waals surface area contributed by atoms with Crippen molar-refractivity contribution in [3.8, 4) is 11.5 Å². The predicted molar refractivity (Wildman–Crippen MR) is 75.6 cm³/mol. The minimum absolute atomic E-state index is 0.0661. The first kappa shape index (κ1) is 11.9. The van der Waals surface area contributed by atoms with Crippen molar-refractivity contribution >= 4 is 5.69 Å². The maximum absolute atomic E-state index is 5.86. The lowest BCUT2D eigenvalue weighted by Gasteiger charge is -2.13. The highest BCUT2D eigenvalue weighted by Gasteiger charge is 2.23. The summed E-state index contributed by atoms with van der Waals surface area (Å²) in [7, 11) is 0. The molecule has 1 aliphatic rings.